The van der Waals surface area contributed by atoms with Gasteiger partial charge >= 0.3 is 0 Å². The maximum absolute atomic E-state index is 13.0. The monoisotopic (exact) mass is 187 g/mol. The summed E-state index contributed by atoms with van der Waals surface area (Å²) in [6.45, 7) is 1.67. The standard InChI is InChI=1S/C9H11F2NO/c1-6-2-3-7(13-6)8(5-12)4-9(8,10)11/h2-3H,4-5,12H2,1H3. The van der Waals surface area contributed by atoms with E-state index >= 15 is 0 Å². The molecule has 1 atom stereocenters. The molecule has 2 nitrogen and oxygen atoms in total. The number of furan rings is 1. The fourth-order valence-electron chi connectivity index (χ4n) is 1.62. The lowest BCUT2D eigenvalue weighted by atomic mass is 10.0. The smallest absolute Gasteiger partial charge is 0.263 e. The van der Waals surface area contributed by atoms with Crippen LogP contribution in [0.3, 0.4) is 0 Å². The highest BCUT2D eigenvalue weighted by molar-refractivity contribution is 5.32. The Hall–Kier alpha value is -0.900. The van der Waals surface area contributed by atoms with Gasteiger partial charge in [-0.3, -0.25) is 0 Å². The van der Waals surface area contributed by atoms with E-state index in [1.807, 2.05) is 0 Å². The van der Waals surface area contributed by atoms with Crippen molar-refractivity contribution in [3.8, 4) is 0 Å². The molecular formula is C9H11F2NO. The van der Waals surface area contributed by atoms with Crippen LogP contribution < -0.4 is 5.73 Å². The number of rotatable bonds is 2. The van der Waals surface area contributed by atoms with E-state index in [2.05, 4.69) is 0 Å². The SMILES string of the molecule is Cc1ccc(C2(CN)CC2(F)F)o1. The van der Waals surface area contributed by atoms with Gasteiger partial charge in [0, 0.05) is 13.0 Å². The molecule has 1 saturated carbocycles. The van der Waals surface area contributed by atoms with Crippen molar-refractivity contribution >= 4 is 0 Å². The van der Waals surface area contributed by atoms with E-state index in [9.17, 15) is 8.78 Å². The average molecular weight is 187 g/mol. The number of hydrogen-bond acceptors (Lipinski definition) is 2. The zero-order chi connectivity index (χ0) is 9.69. The first-order chi connectivity index (χ1) is 6.02. The Labute approximate surface area is 74.7 Å². The lowest BCUT2D eigenvalue weighted by Gasteiger charge is -2.09. The molecule has 0 amide bonds. The summed E-state index contributed by atoms with van der Waals surface area (Å²) in [7, 11) is 0. The van der Waals surface area contributed by atoms with Crippen molar-refractivity contribution in [2.24, 2.45) is 5.73 Å². The molecule has 1 aromatic heterocycles. The van der Waals surface area contributed by atoms with E-state index in [0.29, 0.717) is 11.5 Å². The summed E-state index contributed by atoms with van der Waals surface area (Å²) in [5.41, 5.74) is 4.12. The molecule has 4 heteroatoms. The summed E-state index contributed by atoms with van der Waals surface area (Å²) < 4.78 is 31.2. The van der Waals surface area contributed by atoms with E-state index in [1.165, 1.54) is 0 Å². The predicted molar refractivity (Wildman–Crippen MR) is 43.7 cm³/mol. The molecule has 1 aliphatic carbocycles. The second-order valence-electron chi connectivity index (χ2n) is 3.58. The summed E-state index contributed by atoms with van der Waals surface area (Å²) in [6.07, 6.45) is -0.191. The zero-order valence-corrected chi connectivity index (χ0v) is 7.31. The summed E-state index contributed by atoms with van der Waals surface area (Å²) in [4.78, 5) is 0. The van der Waals surface area contributed by atoms with Gasteiger partial charge in [0.25, 0.3) is 5.92 Å². The highest BCUT2D eigenvalue weighted by atomic mass is 19.3. The number of hydrogen-bond donors (Lipinski definition) is 1. The lowest BCUT2D eigenvalue weighted by molar-refractivity contribution is 0.0837. The predicted octanol–water partition coefficient (Wildman–Crippen LogP) is 1.82. The van der Waals surface area contributed by atoms with Crippen LogP contribution in [0.2, 0.25) is 0 Å². The molecule has 0 radical (unpaired) electrons. The first-order valence-corrected chi connectivity index (χ1v) is 4.17. The molecule has 2 rings (SSSR count). The number of alkyl halides is 2. The third kappa shape index (κ3) is 1.01. The topological polar surface area (TPSA) is 39.2 Å². The molecule has 1 aromatic rings. The van der Waals surface area contributed by atoms with Crippen molar-refractivity contribution < 1.29 is 13.2 Å². The maximum atomic E-state index is 13.0. The van der Waals surface area contributed by atoms with Crippen molar-refractivity contribution in [2.45, 2.75) is 24.7 Å². The highest BCUT2D eigenvalue weighted by Crippen LogP contribution is 2.61. The van der Waals surface area contributed by atoms with E-state index in [1.54, 1.807) is 19.1 Å². The molecule has 0 spiro atoms. The summed E-state index contributed by atoms with van der Waals surface area (Å²) in [5.74, 6) is -1.73. The van der Waals surface area contributed by atoms with Crippen LogP contribution in [-0.4, -0.2) is 12.5 Å². The molecule has 1 aliphatic rings. The summed E-state index contributed by atoms with van der Waals surface area (Å²) >= 11 is 0. The second-order valence-corrected chi connectivity index (χ2v) is 3.58. The minimum absolute atomic E-state index is 0.0625. The molecule has 0 aliphatic heterocycles. The minimum atomic E-state index is -2.69. The Morgan fingerprint density at radius 2 is 2.15 bits per heavy atom. The first-order valence-electron chi connectivity index (χ1n) is 4.17. The van der Waals surface area contributed by atoms with Crippen LogP contribution in [0, 0.1) is 6.92 Å². The van der Waals surface area contributed by atoms with Gasteiger partial charge in [-0.1, -0.05) is 0 Å². The Bertz CT molecular complexity index is 334. The van der Waals surface area contributed by atoms with Gasteiger partial charge in [0.1, 0.15) is 16.9 Å². The molecule has 2 N–H and O–H groups in total. The van der Waals surface area contributed by atoms with Crippen LogP contribution in [0.15, 0.2) is 16.5 Å². The van der Waals surface area contributed by atoms with Gasteiger partial charge in [-0.15, -0.1) is 0 Å². The highest BCUT2D eigenvalue weighted by Gasteiger charge is 2.73. The molecule has 0 bridgehead atoms. The van der Waals surface area contributed by atoms with Gasteiger partial charge in [0.2, 0.25) is 0 Å². The number of halogens is 2. The van der Waals surface area contributed by atoms with Gasteiger partial charge in [-0.25, -0.2) is 8.78 Å². The van der Waals surface area contributed by atoms with E-state index < -0.39 is 11.3 Å². The number of nitrogens with two attached hydrogens (primary N) is 1. The van der Waals surface area contributed by atoms with Crippen molar-refractivity contribution in [2.75, 3.05) is 6.54 Å². The molecular weight excluding hydrogens is 176 g/mol. The van der Waals surface area contributed by atoms with Crippen molar-refractivity contribution in [3.05, 3.63) is 23.7 Å². The fraction of sp³-hybridized carbons (Fsp3) is 0.556. The van der Waals surface area contributed by atoms with Crippen LogP contribution in [0.4, 0.5) is 8.78 Å². The van der Waals surface area contributed by atoms with Gasteiger partial charge in [0.05, 0.1) is 0 Å². The van der Waals surface area contributed by atoms with E-state index in [-0.39, 0.29) is 13.0 Å². The van der Waals surface area contributed by atoms with Gasteiger partial charge in [0.15, 0.2) is 0 Å². The molecule has 1 heterocycles. The quantitative estimate of drug-likeness (QED) is 0.767. The Balaban J connectivity index is 2.35. The Morgan fingerprint density at radius 1 is 1.54 bits per heavy atom. The number of aryl methyl sites for hydroxylation is 1. The lowest BCUT2D eigenvalue weighted by Crippen LogP contribution is -2.26. The van der Waals surface area contributed by atoms with Crippen LogP contribution in [0.25, 0.3) is 0 Å². The van der Waals surface area contributed by atoms with E-state index in [0.717, 1.165) is 0 Å². The molecule has 0 saturated heterocycles. The third-order valence-corrected chi connectivity index (χ3v) is 2.66. The Kier molecular flexibility index (Phi) is 1.55. The van der Waals surface area contributed by atoms with Crippen LogP contribution in [0.5, 0.6) is 0 Å². The zero-order valence-electron chi connectivity index (χ0n) is 7.31. The van der Waals surface area contributed by atoms with Gasteiger partial charge in [-0.05, 0) is 19.1 Å². The van der Waals surface area contributed by atoms with Crippen LogP contribution in [0.1, 0.15) is 17.9 Å². The molecule has 13 heavy (non-hydrogen) atoms. The second kappa shape index (κ2) is 2.32. The van der Waals surface area contributed by atoms with Crippen LogP contribution in [-0.2, 0) is 5.41 Å². The first kappa shape index (κ1) is 8.69. The molecule has 1 fully saturated rings. The van der Waals surface area contributed by atoms with Crippen molar-refractivity contribution in [1.82, 2.24) is 0 Å². The van der Waals surface area contributed by atoms with Crippen LogP contribution >= 0.6 is 0 Å². The minimum Gasteiger partial charge on any atom is -0.466 e. The largest absolute Gasteiger partial charge is 0.466 e. The molecule has 1 unspecified atom stereocenters. The van der Waals surface area contributed by atoms with E-state index in [4.69, 9.17) is 10.2 Å². The summed E-state index contributed by atoms with van der Waals surface area (Å²) in [6, 6.07) is 3.27. The Morgan fingerprint density at radius 3 is 2.46 bits per heavy atom. The van der Waals surface area contributed by atoms with Crippen molar-refractivity contribution in [3.63, 3.8) is 0 Å². The normalized spacial score (nSPS) is 30.5. The maximum Gasteiger partial charge on any atom is 0.263 e. The molecule has 0 aromatic carbocycles. The average Bonchev–Trinajstić information content (AvgIpc) is 2.43. The summed E-state index contributed by atoms with van der Waals surface area (Å²) in [5, 5.41) is 0. The van der Waals surface area contributed by atoms with Gasteiger partial charge in [-0.2, -0.15) is 0 Å². The third-order valence-electron chi connectivity index (χ3n) is 2.66. The molecule has 72 valence electrons. The fourth-order valence-corrected chi connectivity index (χ4v) is 1.62. The van der Waals surface area contributed by atoms with Gasteiger partial charge < -0.3 is 10.2 Å². The van der Waals surface area contributed by atoms with Crippen molar-refractivity contribution in [1.29, 1.82) is 0 Å².